The zero-order chi connectivity index (χ0) is 16.2. The molecule has 7 heteroatoms. The molecule has 0 spiro atoms. The third kappa shape index (κ3) is 3.39. The lowest BCUT2D eigenvalue weighted by atomic mass is 10.1. The van der Waals surface area contributed by atoms with Crippen molar-refractivity contribution in [3.05, 3.63) is 58.1 Å². The summed E-state index contributed by atoms with van der Waals surface area (Å²) in [6, 6.07) is 11.7. The molecule has 0 saturated carbocycles. The molecule has 0 aliphatic carbocycles. The van der Waals surface area contributed by atoms with Gasteiger partial charge in [-0.1, -0.05) is 0 Å². The molecule has 0 atom stereocenters. The Morgan fingerprint density at radius 3 is 2.52 bits per heavy atom. The van der Waals surface area contributed by atoms with Crippen molar-refractivity contribution in [2.24, 2.45) is 5.10 Å². The van der Waals surface area contributed by atoms with Crippen LogP contribution in [-0.2, 0) is 0 Å². The summed E-state index contributed by atoms with van der Waals surface area (Å²) in [7, 11) is 0. The third-order valence-electron chi connectivity index (χ3n) is 3.39. The molecule has 7 nitrogen and oxygen atoms in total. The van der Waals surface area contributed by atoms with E-state index in [4.69, 9.17) is 9.47 Å². The van der Waals surface area contributed by atoms with E-state index in [0.29, 0.717) is 24.7 Å². The van der Waals surface area contributed by atoms with Crippen LogP contribution in [0.3, 0.4) is 0 Å². The summed E-state index contributed by atoms with van der Waals surface area (Å²) in [5.74, 6) is 1.44. The van der Waals surface area contributed by atoms with Crippen molar-refractivity contribution in [1.82, 2.24) is 0 Å². The van der Waals surface area contributed by atoms with Crippen molar-refractivity contribution >= 4 is 17.1 Å². The molecule has 0 radical (unpaired) electrons. The second kappa shape index (κ2) is 6.35. The van der Waals surface area contributed by atoms with E-state index in [1.165, 1.54) is 12.1 Å². The number of ether oxygens (including phenoxy) is 2. The summed E-state index contributed by atoms with van der Waals surface area (Å²) in [5.41, 5.74) is 5.27. The average Bonchev–Trinajstić information content (AvgIpc) is 2.59. The molecule has 0 bridgehead atoms. The summed E-state index contributed by atoms with van der Waals surface area (Å²) in [6.07, 6.45) is 0. The van der Waals surface area contributed by atoms with Crippen molar-refractivity contribution in [2.45, 2.75) is 6.92 Å². The summed E-state index contributed by atoms with van der Waals surface area (Å²) >= 11 is 0. The Labute approximate surface area is 132 Å². The number of rotatable bonds is 4. The zero-order valence-electron chi connectivity index (χ0n) is 12.5. The second-order valence-corrected chi connectivity index (χ2v) is 4.97. The Morgan fingerprint density at radius 1 is 1.13 bits per heavy atom. The minimum atomic E-state index is -0.437. The van der Waals surface area contributed by atoms with Gasteiger partial charge in [0.05, 0.1) is 16.3 Å². The Kier molecular flexibility index (Phi) is 4.09. The fraction of sp³-hybridized carbons (Fsp3) is 0.188. The van der Waals surface area contributed by atoms with Crippen LogP contribution in [0.1, 0.15) is 12.5 Å². The molecule has 3 rings (SSSR count). The van der Waals surface area contributed by atoms with Gasteiger partial charge < -0.3 is 9.47 Å². The van der Waals surface area contributed by atoms with Gasteiger partial charge in [0.2, 0.25) is 0 Å². The van der Waals surface area contributed by atoms with Gasteiger partial charge in [-0.2, -0.15) is 5.10 Å². The number of nitrogens with zero attached hydrogens (tertiary/aromatic N) is 2. The molecule has 118 valence electrons. The molecule has 0 saturated heterocycles. The molecule has 1 aliphatic heterocycles. The number of nitro groups is 1. The number of anilines is 1. The van der Waals surface area contributed by atoms with E-state index in [-0.39, 0.29) is 5.69 Å². The van der Waals surface area contributed by atoms with Gasteiger partial charge in [0.25, 0.3) is 5.69 Å². The highest BCUT2D eigenvalue weighted by Gasteiger charge is 2.12. The van der Waals surface area contributed by atoms with Crippen LogP contribution in [0.15, 0.2) is 47.6 Å². The molecule has 1 N–H and O–H groups in total. The largest absolute Gasteiger partial charge is 0.486 e. The fourth-order valence-corrected chi connectivity index (χ4v) is 2.14. The van der Waals surface area contributed by atoms with Gasteiger partial charge in [-0.05, 0) is 37.3 Å². The minimum Gasteiger partial charge on any atom is -0.486 e. The number of nitrogens with one attached hydrogen (secondary N) is 1. The van der Waals surface area contributed by atoms with Gasteiger partial charge in [0.15, 0.2) is 11.5 Å². The van der Waals surface area contributed by atoms with E-state index in [1.54, 1.807) is 12.1 Å². The normalized spacial score (nSPS) is 13.5. The number of hydrogen-bond acceptors (Lipinski definition) is 6. The highest BCUT2D eigenvalue weighted by Crippen LogP contribution is 2.30. The molecule has 2 aromatic rings. The first-order valence-electron chi connectivity index (χ1n) is 7.08. The van der Waals surface area contributed by atoms with Crippen LogP contribution in [0, 0.1) is 10.1 Å². The van der Waals surface area contributed by atoms with Crippen LogP contribution in [-0.4, -0.2) is 23.8 Å². The minimum absolute atomic E-state index is 0.0445. The Morgan fingerprint density at radius 2 is 1.83 bits per heavy atom. The summed E-state index contributed by atoms with van der Waals surface area (Å²) in [4.78, 5) is 10.2. The van der Waals surface area contributed by atoms with E-state index < -0.39 is 4.92 Å². The Hall–Kier alpha value is -3.09. The molecule has 1 heterocycles. The lowest BCUT2D eigenvalue weighted by Crippen LogP contribution is -2.15. The predicted octanol–water partition coefficient (Wildman–Crippen LogP) is 3.20. The number of fused-ring (bicyclic) bond motifs is 1. The number of hydrazone groups is 1. The van der Waals surface area contributed by atoms with Gasteiger partial charge in [-0.15, -0.1) is 0 Å². The maximum Gasteiger partial charge on any atom is 0.269 e. The van der Waals surface area contributed by atoms with E-state index in [1.807, 2.05) is 25.1 Å². The highest BCUT2D eigenvalue weighted by molar-refractivity contribution is 5.99. The first-order chi connectivity index (χ1) is 11.1. The molecule has 2 aromatic carbocycles. The lowest BCUT2D eigenvalue weighted by molar-refractivity contribution is -0.384. The predicted molar refractivity (Wildman–Crippen MR) is 86.4 cm³/mol. The first kappa shape index (κ1) is 14.8. The number of nitro benzene ring substituents is 1. The van der Waals surface area contributed by atoms with Gasteiger partial charge in [-0.3, -0.25) is 15.5 Å². The third-order valence-corrected chi connectivity index (χ3v) is 3.39. The van der Waals surface area contributed by atoms with Crippen molar-refractivity contribution in [2.75, 3.05) is 18.6 Å². The van der Waals surface area contributed by atoms with Crippen LogP contribution in [0.5, 0.6) is 11.5 Å². The van der Waals surface area contributed by atoms with Crippen LogP contribution >= 0.6 is 0 Å². The molecular weight excluding hydrogens is 298 g/mol. The average molecular weight is 313 g/mol. The van der Waals surface area contributed by atoms with Crippen molar-refractivity contribution in [1.29, 1.82) is 0 Å². The summed E-state index contributed by atoms with van der Waals surface area (Å²) in [5, 5.41) is 14.9. The summed E-state index contributed by atoms with van der Waals surface area (Å²) in [6.45, 7) is 2.96. The monoisotopic (exact) mass is 313 g/mol. The second-order valence-electron chi connectivity index (χ2n) is 4.97. The quantitative estimate of drug-likeness (QED) is 0.532. The van der Waals surface area contributed by atoms with Crippen LogP contribution in [0.25, 0.3) is 0 Å². The molecule has 23 heavy (non-hydrogen) atoms. The van der Waals surface area contributed by atoms with Crippen LogP contribution < -0.4 is 14.9 Å². The van der Waals surface area contributed by atoms with Crippen molar-refractivity contribution in [3.8, 4) is 11.5 Å². The summed E-state index contributed by atoms with van der Waals surface area (Å²) < 4.78 is 11.0. The Balaban J connectivity index is 1.73. The van der Waals surface area contributed by atoms with Crippen LogP contribution in [0.2, 0.25) is 0 Å². The van der Waals surface area contributed by atoms with E-state index in [9.17, 15) is 10.1 Å². The SMILES string of the molecule is CC(=NNc1ccc([N+](=O)[O-])cc1)c1ccc2c(c1)OCCO2. The molecule has 0 unspecified atom stereocenters. The molecular formula is C16H15N3O4. The highest BCUT2D eigenvalue weighted by atomic mass is 16.6. The fourth-order valence-electron chi connectivity index (χ4n) is 2.14. The van der Waals surface area contributed by atoms with Gasteiger partial charge in [-0.25, -0.2) is 0 Å². The lowest BCUT2D eigenvalue weighted by Gasteiger charge is -2.18. The molecule has 0 fully saturated rings. The topological polar surface area (TPSA) is 86.0 Å². The van der Waals surface area contributed by atoms with Crippen LogP contribution in [0.4, 0.5) is 11.4 Å². The van der Waals surface area contributed by atoms with E-state index >= 15 is 0 Å². The van der Waals surface area contributed by atoms with E-state index in [2.05, 4.69) is 10.5 Å². The smallest absolute Gasteiger partial charge is 0.269 e. The zero-order valence-corrected chi connectivity index (χ0v) is 12.5. The molecule has 0 aromatic heterocycles. The first-order valence-corrected chi connectivity index (χ1v) is 7.08. The molecule has 0 amide bonds. The van der Waals surface area contributed by atoms with Crippen molar-refractivity contribution in [3.63, 3.8) is 0 Å². The van der Waals surface area contributed by atoms with Gasteiger partial charge in [0, 0.05) is 17.7 Å². The molecule has 1 aliphatic rings. The standard InChI is InChI=1S/C16H15N3O4/c1-11(12-2-7-15-16(10-12)23-9-8-22-15)17-18-13-3-5-14(6-4-13)19(20)21/h2-7,10,18H,8-9H2,1H3. The number of hydrogen-bond donors (Lipinski definition) is 1. The Bertz CT molecular complexity index is 756. The number of non-ortho nitro benzene ring substituents is 1. The van der Waals surface area contributed by atoms with E-state index in [0.717, 1.165) is 17.0 Å². The van der Waals surface area contributed by atoms with Gasteiger partial charge >= 0.3 is 0 Å². The maximum atomic E-state index is 10.6. The maximum absolute atomic E-state index is 10.6. The van der Waals surface area contributed by atoms with Crippen molar-refractivity contribution < 1.29 is 14.4 Å². The number of benzene rings is 2. The van der Waals surface area contributed by atoms with Gasteiger partial charge in [0.1, 0.15) is 13.2 Å².